The van der Waals surface area contributed by atoms with Gasteiger partial charge in [0, 0.05) is 0 Å². The molecule has 1 heterocycles. The minimum atomic E-state index is -0.837. The number of carbonyl (C=O) groups excluding carboxylic acids is 2. The van der Waals surface area contributed by atoms with E-state index in [1.807, 2.05) is 25.1 Å². The number of esters is 1. The zero-order chi connectivity index (χ0) is 23.1. The standard InChI is InChI=1S/C24H23ClN2O5/c1-4-12-32-22-17(25)13-16(14-18(22)30-5-2)21-19(23(28)31-6-3)20(26-24(29)27-21)15-10-8-7-9-11-15/h1,7-11,13-14,21H,5-6,12H2,2-3H3,(H2,26,27,29)/t21-/m1/s1. The summed E-state index contributed by atoms with van der Waals surface area (Å²) in [7, 11) is 0. The number of benzene rings is 2. The molecule has 0 unspecified atom stereocenters. The van der Waals surface area contributed by atoms with Crippen LogP contribution in [0, 0.1) is 12.3 Å². The monoisotopic (exact) mass is 454 g/mol. The first kappa shape index (κ1) is 23.0. The Bertz CT molecular complexity index is 1080. The number of hydrogen-bond acceptors (Lipinski definition) is 5. The predicted molar refractivity (Wildman–Crippen MR) is 121 cm³/mol. The van der Waals surface area contributed by atoms with Gasteiger partial charge in [-0.2, -0.15) is 0 Å². The SMILES string of the molecule is C#CCOc1c(Cl)cc([C@H]2NC(=O)NC(c3ccccc3)=C2C(=O)OCC)cc1OCC. The molecule has 2 aromatic rings. The lowest BCUT2D eigenvalue weighted by Gasteiger charge is -2.30. The van der Waals surface area contributed by atoms with Gasteiger partial charge in [-0.3, -0.25) is 0 Å². The summed E-state index contributed by atoms with van der Waals surface area (Å²) in [5.74, 6) is 2.46. The van der Waals surface area contributed by atoms with Gasteiger partial charge in [-0.15, -0.1) is 6.42 Å². The summed E-state index contributed by atoms with van der Waals surface area (Å²) >= 11 is 6.47. The van der Waals surface area contributed by atoms with Crippen LogP contribution >= 0.6 is 11.6 Å². The molecule has 8 heteroatoms. The van der Waals surface area contributed by atoms with Crippen molar-refractivity contribution < 1.29 is 23.8 Å². The van der Waals surface area contributed by atoms with E-state index in [0.29, 0.717) is 34.9 Å². The average molecular weight is 455 g/mol. The van der Waals surface area contributed by atoms with Crippen LogP contribution in [0.5, 0.6) is 11.5 Å². The van der Waals surface area contributed by atoms with Crippen molar-refractivity contribution in [3.05, 3.63) is 64.2 Å². The Morgan fingerprint density at radius 2 is 1.91 bits per heavy atom. The number of ether oxygens (including phenoxy) is 3. The van der Waals surface area contributed by atoms with Gasteiger partial charge in [-0.25, -0.2) is 9.59 Å². The molecule has 1 aliphatic rings. The Kier molecular flexibility index (Phi) is 7.63. The minimum absolute atomic E-state index is 0.00929. The second kappa shape index (κ2) is 10.6. The number of nitrogens with one attached hydrogen (secondary N) is 2. The lowest BCUT2D eigenvalue weighted by molar-refractivity contribution is -0.138. The van der Waals surface area contributed by atoms with Gasteiger partial charge in [0.1, 0.15) is 6.61 Å². The number of rotatable bonds is 8. The summed E-state index contributed by atoms with van der Waals surface area (Å²) < 4.78 is 16.5. The molecule has 7 nitrogen and oxygen atoms in total. The van der Waals surface area contributed by atoms with Crippen LogP contribution in [0.4, 0.5) is 4.79 Å². The Morgan fingerprint density at radius 1 is 1.16 bits per heavy atom. The maximum absolute atomic E-state index is 13.0. The molecular formula is C24H23ClN2O5. The van der Waals surface area contributed by atoms with Crippen LogP contribution in [-0.2, 0) is 9.53 Å². The number of halogens is 1. The quantitative estimate of drug-likeness (QED) is 0.463. The summed E-state index contributed by atoms with van der Waals surface area (Å²) in [6, 6.07) is 11.0. The second-order valence-electron chi connectivity index (χ2n) is 6.66. The largest absolute Gasteiger partial charge is 0.490 e. The first-order valence-corrected chi connectivity index (χ1v) is 10.4. The highest BCUT2D eigenvalue weighted by Gasteiger charge is 2.35. The third kappa shape index (κ3) is 4.98. The highest BCUT2D eigenvalue weighted by molar-refractivity contribution is 6.32. The second-order valence-corrected chi connectivity index (χ2v) is 7.07. The number of terminal acetylenes is 1. The molecular weight excluding hydrogens is 432 g/mol. The average Bonchev–Trinajstić information content (AvgIpc) is 2.78. The zero-order valence-electron chi connectivity index (χ0n) is 17.7. The van der Waals surface area contributed by atoms with Crippen LogP contribution in [0.25, 0.3) is 5.70 Å². The van der Waals surface area contributed by atoms with Crippen LogP contribution in [-0.4, -0.2) is 31.8 Å². The number of urea groups is 1. The molecule has 0 saturated carbocycles. The summed E-state index contributed by atoms with van der Waals surface area (Å²) in [5.41, 5.74) is 1.80. The van der Waals surface area contributed by atoms with Crippen LogP contribution in [0.15, 0.2) is 48.0 Å². The Labute approximate surface area is 191 Å². The van der Waals surface area contributed by atoms with Crippen molar-refractivity contribution in [3.8, 4) is 23.8 Å². The van der Waals surface area contributed by atoms with Gasteiger partial charge in [0.05, 0.1) is 35.5 Å². The van der Waals surface area contributed by atoms with Gasteiger partial charge in [0.2, 0.25) is 0 Å². The van der Waals surface area contributed by atoms with Crippen molar-refractivity contribution in [1.82, 2.24) is 10.6 Å². The topological polar surface area (TPSA) is 85.9 Å². The summed E-state index contributed by atoms with van der Waals surface area (Å²) in [5, 5.41) is 5.75. The lowest BCUT2D eigenvalue weighted by atomic mass is 9.92. The normalized spacial score (nSPS) is 15.3. The van der Waals surface area contributed by atoms with Crippen molar-refractivity contribution >= 4 is 29.3 Å². The molecule has 0 radical (unpaired) electrons. The number of amides is 2. The molecule has 0 fully saturated rings. The van der Waals surface area contributed by atoms with Gasteiger partial charge < -0.3 is 24.8 Å². The van der Waals surface area contributed by atoms with E-state index in [0.717, 1.165) is 0 Å². The van der Waals surface area contributed by atoms with Crippen LogP contribution in [0.3, 0.4) is 0 Å². The van der Waals surface area contributed by atoms with E-state index in [-0.39, 0.29) is 23.8 Å². The first-order chi connectivity index (χ1) is 15.5. The Hall–Kier alpha value is -3.63. The molecule has 3 rings (SSSR count). The molecule has 2 N–H and O–H groups in total. The molecule has 166 valence electrons. The lowest BCUT2D eigenvalue weighted by Crippen LogP contribution is -2.45. The third-order valence-corrected chi connectivity index (χ3v) is 4.88. The van der Waals surface area contributed by atoms with E-state index in [2.05, 4.69) is 16.6 Å². The van der Waals surface area contributed by atoms with Crippen LogP contribution < -0.4 is 20.1 Å². The van der Waals surface area contributed by atoms with Gasteiger partial charge in [0.15, 0.2) is 11.5 Å². The van der Waals surface area contributed by atoms with E-state index in [1.54, 1.807) is 31.2 Å². The van der Waals surface area contributed by atoms with Gasteiger partial charge in [0.25, 0.3) is 0 Å². The summed E-state index contributed by atoms with van der Waals surface area (Å²) in [6.45, 7) is 4.06. The molecule has 1 atom stereocenters. The molecule has 0 aliphatic carbocycles. The Balaban J connectivity index is 2.18. The zero-order valence-corrected chi connectivity index (χ0v) is 18.5. The van der Waals surface area contributed by atoms with Crippen LogP contribution in [0.1, 0.15) is 31.0 Å². The molecule has 32 heavy (non-hydrogen) atoms. The Morgan fingerprint density at radius 3 is 2.56 bits per heavy atom. The highest BCUT2D eigenvalue weighted by Crippen LogP contribution is 2.41. The van der Waals surface area contributed by atoms with Gasteiger partial charge in [-0.1, -0.05) is 47.9 Å². The molecule has 0 saturated heterocycles. The van der Waals surface area contributed by atoms with Crippen molar-refractivity contribution in [3.63, 3.8) is 0 Å². The van der Waals surface area contributed by atoms with E-state index in [4.69, 9.17) is 32.2 Å². The minimum Gasteiger partial charge on any atom is -0.490 e. The van der Waals surface area contributed by atoms with E-state index in [9.17, 15) is 9.59 Å². The maximum Gasteiger partial charge on any atom is 0.338 e. The third-order valence-electron chi connectivity index (χ3n) is 4.59. The fourth-order valence-corrected chi connectivity index (χ4v) is 3.62. The highest BCUT2D eigenvalue weighted by atomic mass is 35.5. The summed E-state index contributed by atoms with van der Waals surface area (Å²) in [6.07, 6.45) is 5.29. The molecule has 1 aliphatic heterocycles. The van der Waals surface area contributed by atoms with Crippen molar-refractivity contribution in [2.75, 3.05) is 19.8 Å². The van der Waals surface area contributed by atoms with Crippen molar-refractivity contribution in [2.24, 2.45) is 0 Å². The number of carbonyl (C=O) groups is 2. The van der Waals surface area contributed by atoms with Crippen molar-refractivity contribution in [2.45, 2.75) is 19.9 Å². The number of hydrogen-bond donors (Lipinski definition) is 2. The summed E-state index contributed by atoms with van der Waals surface area (Å²) in [4.78, 5) is 25.5. The van der Waals surface area contributed by atoms with E-state index >= 15 is 0 Å². The van der Waals surface area contributed by atoms with Gasteiger partial charge >= 0.3 is 12.0 Å². The molecule has 0 spiro atoms. The molecule has 2 aromatic carbocycles. The fourth-order valence-electron chi connectivity index (χ4n) is 3.35. The van der Waals surface area contributed by atoms with E-state index in [1.165, 1.54) is 0 Å². The smallest absolute Gasteiger partial charge is 0.338 e. The van der Waals surface area contributed by atoms with Crippen LogP contribution in [0.2, 0.25) is 5.02 Å². The van der Waals surface area contributed by atoms with Crippen molar-refractivity contribution in [1.29, 1.82) is 0 Å². The first-order valence-electron chi connectivity index (χ1n) is 10.1. The van der Waals surface area contributed by atoms with Gasteiger partial charge in [-0.05, 0) is 37.1 Å². The maximum atomic E-state index is 13.0. The molecule has 2 amide bonds. The fraction of sp³-hybridized carbons (Fsp3) is 0.250. The van der Waals surface area contributed by atoms with E-state index < -0.39 is 18.0 Å². The molecule has 0 bridgehead atoms. The molecule has 0 aromatic heterocycles. The predicted octanol–water partition coefficient (Wildman–Crippen LogP) is 4.08.